The maximum atomic E-state index is 11.7. The Morgan fingerprint density at radius 2 is 1.16 bits per heavy atom. The molecule has 0 amide bonds. The van der Waals surface area contributed by atoms with E-state index in [4.69, 9.17) is 0 Å². The molecule has 0 aliphatic carbocycles. The number of benzene rings is 1. The molecule has 0 spiro atoms. The number of hydrogen-bond donors (Lipinski definition) is 10. The van der Waals surface area contributed by atoms with Gasteiger partial charge in [-0.2, -0.15) is 0 Å². The lowest BCUT2D eigenvalue weighted by atomic mass is 9.97. The SMILES string of the molecule is CC(C)C(=O)CC(O)CC(O)CC(O)C=CCC(O)CC(O)CC(O)CC(O)C=CCC(O)CC(O)CCCNCc1ccc([N+](=O)[O-])cc1. The predicted molar refractivity (Wildman–Crippen MR) is 188 cm³/mol. The van der Waals surface area contributed by atoms with Gasteiger partial charge in [-0.3, -0.25) is 14.9 Å². The van der Waals surface area contributed by atoms with Crippen molar-refractivity contribution in [1.82, 2.24) is 5.32 Å². The van der Waals surface area contributed by atoms with E-state index in [1.165, 1.54) is 30.4 Å². The van der Waals surface area contributed by atoms with Crippen molar-refractivity contribution in [2.24, 2.45) is 5.92 Å². The molecule has 0 aromatic heterocycles. The summed E-state index contributed by atoms with van der Waals surface area (Å²) in [6, 6.07) is 6.26. The summed E-state index contributed by atoms with van der Waals surface area (Å²) < 4.78 is 0. The van der Waals surface area contributed by atoms with Crippen molar-refractivity contribution >= 4 is 11.5 Å². The lowest BCUT2D eigenvalue weighted by molar-refractivity contribution is -0.384. The van der Waals surface area contributed by atoms with Crippen LogP contribution in [0.2, 0.25) is 0 Å². The molecule has 9 atom stereocenters. The highest BCUT2D eigenvalue weighted by Gasteiger charge is 2.20. The van der Waals surface area contributed by atoms with Gasteiger partial charge in [0, 0.05) is 43.9 Å². The second-order valence-electron chi connectivity index (χ2n) is 13.5. The third-order valence-electron chi connectivity index (χ3n) is 8.18. The summed E-state index contributed by atoms with van der Waals surface area (Å²) in [5.41, 5.74) is 0.939. The third-order valence-corrected chi connectivity index (χ3v) is 8.18. The summed E-state index contributed by atoms with van der Waals surface area (Å²) in [4.78, 5) is 22.0. The molecule has 0 fully saturated rings. The number of nitro groups is 1. The molecule has 9 unspecified atom stereocenters. The van der Waals surface area contributed by atoms with Gasteiger partial charge in [0.1, 0.15) is 5.78 Å². The molecule has 286 valence electrons. The van der Waals surface area contributed by atoms with Crippen LogP contribution in [0.4, 0.5) is 5.69 Å². The Hall–Kier alpha value is -2.63. The van der Waals surface area contributed by atoms with E-state index >= 15 is 0 Å². The average Bonchev–Trinajstić information content (AvgIpc) is 3.00. The van der Waals surface area contributed by atoms with E-state index in [-0.39, 0.29) is 75.2 Å². The second kappa shape index (κ2) is 25.3. The minimum atomic E-state index is -1.05. The van der Waals surface area contributed by atoms with E-state index in [0.29, 0.717) is 25.9 Å². The molecule has 0 radical (unpaired) electrons. The van der Waals surface area contributed by atoms with Crippen LogP contribution in [0, 0.1) is 16.0 Å². The first-order chi connectivity index (χ1) is 23.5. The van der Waals surface area contributed by atoms with Crippen molar-refractivity contribution in [2.45, 2.75) is 146 Å². The number of non-ortho nitro benzene ring substituents is 1. The average molecular weight is 713 g/mol. The van der Waals surface area contributed by atoms with Crippen molar-refractivity contribution in [1.29, 1.82) is 0 Å². The van der Waals surface area contributed by atoms with E-state index in [9.17, 15) is 60.9 Å². The van der Waals surface area contributed by atoms with E-state index in [0.717, 1.165) is 5.56 Å². The predicted octanol–water partition coefficient (Wildman–Crippen LogP) is 1.56. The Morgan fingerprint density at radius 1 is 0.700 bits per heavy atom. The lowest BCUT2D eigenvalue weighted by Gasteiger charge is -2.19. The van der Waals surface area contributed by atoms with Crippen molar-refractivity contribution < 1.29 is 55.7 Å². The van der Waals surface area contributed by atoms with Crippen LogP contribution >= 0.6 is 0 Å². The van der Waals surface area contributed by atoms with Crippen LogP contribution in [0.25, 0.3) is 0 Å². The molecule has 10 N–H and O–H groups in total. The number of hydrogen-bond acceptors (Lipinski definition) is 13. The summed E-state index contributed by atoms with van der Waals surface area (Å²) in [5, 5.41) is 105. The number of nitrogens with zero attached hydrogens (tertiary/aromatic N) is 1. The quantitative estimate of drug-likeness (QED) is 0.0257. The number of Topliss-reactive ketones (excluding diaryl/α,β-unsaturated/α-hetero) is 1. The molecular weight excluding hydrogens is 652 g/mol. The molecule has 50 heavy (non-hydrogen) atoms. The molecular formula is C36H60N2O12. The Morgan fingerprint density at radius 3 is 1.66 bits per heavy atom. The first-order valence-corrected chi connectivity index (χ1v) is 17.5. The fraction of sp³-hybridized carbons (Fsp3) is 0.694. The number of nitrogens with one attached hydrogen (secondary N) is 1. The van der Waals surface area contributed by atoms with Crippen LogP contribution in [0.3, 0.4) is 0 Å². The maximum absolute atomic E-state index is 11.7. The molecule has 0 aliphatic heterocycles. The molecule has 0 bridgehead atoms. The fourth-order valence-corrected chi connectivity index (χ4v) is 5.34. The Kier molecular flexibility index (Phi) is 23.0. The lowest BCUT2D eigenvalue weighted by Crippen LogP contribution is -2.25. The van der Waals surface area contributed by atoms with Gasteiger partial charge in [0.2, 0.25) is 0 Å². The number of aliphatic hydroxyl groups is 9. The minimum Gasteiger partial charge on any atom is -0.393 e. The van der Waals surface area contributed by atoms with Crippen LogP contribution < -0.4 is 5.32 Å². The molecule has 0 aliphatic rings. The number of carbonyl (C=O) groups excluding carboxylic acids is 1. The third kappa shape index (κ3) is 22.2. The molecule has 1 aromatic rings. The highest BCUT2D eigenvalue weighted by molar-refractivity contribution is 5.80. The smallest absolute Gasteiger partial charge is 0.269 e. The first kappa shape index (κ1) is 45.4. The van der Waals surface area contributed by atoms with Gasteiger partial charge in [-0.05, 0) is 63.5 Å². The number of aliphatic hydroxyl groups excluding tert-OH is 9. The monoisotopic (exact) mass is 712 g/mol. The molecule has 1 aromatic carbocycles. The maximum Gasteiger partial charge on any atom is 0.269 e. The van der Waals surface area contributed by atoms with Crippen LogP contribution in [0.1, 0.15) is 90.0 Å². The van der Waals surface area contributed by atoms with Crippen LogP contribution in [-0.2, 0) is 11.3 Å². The first-order valence-electron chi connectivity index (χ1n) is 17.5. The second-order valence-corrected chi connectivity index (χ2v) is 13.5. The summed E-state index contributed by atoms with van der Waals surface area (Å²) in [6.45, 7) is 4.62. The number of ketones is 1. The van der Waals surface area contributed by atoms with E-state index in [1.807, 2.05) is 0 Å². The van der Waals surface area contributed by atoms with Gasteiger partial charge in [-0.25, -0.2) is 0 Å². The molecule has 0 heterocycles. The summed E-state index contributed by atoms with van der Waals surface area (Å²) in [6.07, 6.45) is -1.55. The zero-order valence-electron chi connectivity index (χ0n) is 29.3. The summed E-state index contributed by atoms with van der Waals surface area (Å²) in [5.74, 6) is -0.323. The number of nitro benzene ring substituents is 1. The van der Waals surface area contributed by atoms with E-state index in [1.54, 1.807) is 32.1 Å². The molecule has 1 rings (SSSR count). The molecule has 14 heteroatoms. The zero-order chi connectivity index (χ0) is 37.6. The van der Waals surface area contributed by atoms with Crippen LogP contribution in [0.15, 0.2) is 48.6 Å². The highest BCUT2D eigenvalue weighted by Crippen LogP contribution is 2.16. The van der Waals surface area contributed by atoms with Crippen LogP contribution in [-0.4, -0.2) is 118 Å². The largest absolute Gasteiger partial charge is 0.393 e. The van der Waals surface area contributed by atoms with Crippen molar-refractivity contribution in [3.05, 3.63) is 64.2 Å². The summed E-state index contributed by atoms with van der Waals surface area (Å²) >= 11 is 0. The van der Waals surface area contributed by atoms with E-state index < -0.39 is 59.9 Å². The Labute approximate surface area is 295 Å². The van der Waals surface area contributed by atoms with Gasteiger partial charge in [0.15, 0.2) is 0 Å². The molecule has 14 nitrogen and oxygen atoms in total. The fourth-order valence-electron chi connectivity index (χ4n) is 5.34. The van der Waals surface area contributed by atoms with Crippen molar-refractivity contribution in [3.8, 4) is 0 Å². The van der Waals surface area contributed by atoms with Gasteiger partial charge in [-0.1, -0.05) is 50.3 Å². The van der Waals surface area contributed by atoms with Gasteiger partial charge >= 0.3 is 0 Å². The topological polar surface area (TPSA) is 254 Å². The number of carbonyl (C=O) groups is 1. The standard InChI is InChI=1S/C36H60N2O12/c1-24(2)36(48)22-35(47)21-34(46)19-30(42)9-4-8-29(41)18-33(45)20-32(44)17-28(40)7-3-6-27(39)16-31(43)10-5-15-37-23-25-11-13-26(14-12-25)38(49)50/h3-4,7,9,11-14,24,27-35,37,39-47H,5-6,8,10,15-23H2,1-2H3. The van der Waals surface area contributed by atoms with Crippen molar-refractivity contribution in [3.63, 3.8) is 0 Å². The summed E-state index contributed by atoms with van der Waals surface area (Å²) in [7, 11) is 0. The van der Waals surface area contributed by atoms with E-state index in [2.05, 4.69) is 5.32 Å². The zero-order valence-corrected chi connectivity index (χ0v) is 29.3. The Balaban J connectivity index is 2.21. The van der Waals surface area contributed by atoms with Gasteiger partial charge in [0.25, 0.3) is 5.69 Å². The normalized spacial score (nSPS) is 17.8. The number of rotatable bonds is 28. The van der Waals surface area contributed by atoms with Crippen molar-refractivity contribution in [2.75, 3.05) is 6.54 Å². The van der Waals surface area contributed by atoms with Gasteiger partial charge in [0.05, 0.1) is 59.9 Å². The van der Waals surface area contributed by atoms with Gasteiger partial charge < -0.3 is 51.3 Å². The molecule has 0 saturated carbocycles. The van der Waals surface area contributed by atoms with Crippen LogP contribution in [0.5, 0.6) is 0 Å². The van der Waals surface area contributed by atoms with Gasteiger partial charge in [-0.15, -0.1) is 0 Å². The molecule has 0 saturated heterocycles. The highest BCUT2D eigenvalue weighted by atomic mass is 16.6. The minimum absolute atomic E-state index is 0.0329. The Bertz CT molecular complexity index is 1130.